The van der Waals surface area contributed by atoms with Crippen LogP contribution in [-0.4, -0.2) is 80.6 Å². The van der Waals surface area contributed by atoms with Crippen molar-refractivity contribution >= 4 is 29.5 Å². The van der Waals surface area contributed by atoms with E-state index in [1.807, 2.05) is 11.0 Å². The van der Waals surface area contributed by atoms with Gasteiger partial charge in [0.15, 0.2) is 0 Å². The number of thioether (sulfide) groups is 1. The summed E-state index contributed by atoms with van der Waals surface area (Å²) in [4.78, 5) is 45.7. The van der Waals surface area contributed by atoms with Crippen molar-refractivity contribution in [1.82, 2.24) is 9.80 Å². The maximum Gasteiger partial charge on any atom is 0.311 e. The molecule has 214 valence electrons. The van der Waals surface area contributed by atoms with Crippen molar-refractivity contribution < 1.29 is 24.2 Å². The predicted molar refractivity (Wildman–Crippen MR) is 153 cm³/mol. The average molecular weight is 549 g/mol. The van der Waals surface area contributed by atoms with Crippen LogP contribution in [0.3, 0.4) is 0 Å². The molecule has 7 nitrogen and oxygen atoms in total. The lowest BCUT2D eigenvalue weighted by atomic mass is 9.66. The molecule has 0 aromatic rings. The molecule has 3 saturated heterocycles. The molecular weight excluding hydrogens is 500 g/mol. The Kier molecular flexibility index (Phi) is 10.9. The van der Waals surface area contributed by atoms with Crippen molar-refractivity contribution in [3.8, 4) is 0 Å². The highest BCUT2D eigenvalue weighted by molar-refractivity contribution is 8.02. The standard InChI is InChI=1S/C30H48N2O5S/c1-6-9-10-14-21-37-28(36)24-23-26(34)32(19-12-11-13-20-33)25(30(23)17-16-29(24,5)38-30)27(35)31(18-8-3)22(4)15-7-2/h6,8,22-25,33H,1,3,7,9-21H2,2,4-5H3/t22?,23-,24+,25?,29-,30?/m0/s1. The molecule has 3 rings (SSSR count). The van der Waals surface area contributed by atoms with E-state index in [9.17, 15) is 19.5 Å². The van der Waals surface area contributed by atoms with E-state index in [1.54, 1.807) is 22.7 Å². The number of aliphatic hydroxyl groups is 1. The summed E-state index contributed by atoms with van der Waals surface area (Å²) in [6.07, 6.45) is 11.7. The van der Waals surface area contributed by atoms with Crippen molar-refractivity contribution in [3.63, 3.8) is 0 Å². The van der Waals surface area contributed by atoms with E-state index in [-0.39, 0.29) is 30.4 Å². The zero-order valence-corrected chi connectivity index (χ0v) is 24.5. The second-order valence-corrected chi connectivity index (χ2v) is 13.3. The monoisotopic (exact) mass is 548 g/mol. The van der Waals surface area contributed by atoms with Crippen LogP contribution < -0.4 is 0 Å². The summed E-state index contributed by atoms with van der Waals surface area (Å²) < 4.78 is 4.70. The molecule has 3 aliphatic heterocycles. The molecule has 3 unspecified atom stereocenters. The van der Waals surface area contributed by atoms with Crippen LogP contribution in [0.2, 0.25) is 0 Å². The second kappa shape index (κ2) is 13.5. The van der Waals surface area contributed by atoms with Gasteiger partial charge in [-0.1, -0.05) is 25.5 Å². The van der Waals surface area contributed by atoms with Crippen LogP contribution in [0.4, 0.5) is 0 Å². The van der Waals surface area contributed by atoms with Crippen molar-refractivity contribution in [2.45, 2.75) is 107 Å². The van der Waals surface area contributed by atoms with Gasteiger partial charge in [-0.3, -0.25) is 14.4 Å². The van der Waals surface area contributed by atoms with Gasteiger partial charge in [0, 0.05) is 30.5 Å². The van der Waals surface area contributed by atoms with E-state index in [2.05, 4.69) is 33.9 Å². The molecule has 3 fully saturated rings. The number of amides is 2. The van der Waals surface area contributed by atoms with E-state index < -0.39 is 27.4 Å². The number of unbranched alkanes of at least 4 members (excludes halogenated alkanes) is 4. The molecule has 2 amide bonds. The van der Waals surface area contributed by atoms with Gasteiger partial charge in [-0.05, 0) is 71.6 Å². The normalized spacial score (nSPS) is 30.3. The largest absolute Gasteiger partial charge is 0.465 e. The number of ether oxygens (including phenoxy) is 1. The van der Waals surface area contributed by atoms with Gasteiger partial charge in [0.25, 0.3) is 0 Å². The van der Waals surface area contributed by atoms with Gasteiger partial charge in [0.2, 0.25) is 11.8 Å². The van der Waals surface area contributed by atoms with E-state index in [1.165, 1.54) is 0 Å². The van der Waals surface area contributed by atoms with Crippen LogP contribution in [0.15, 0.2) is 25.3 Å². The van der Waals surface area contributed by atoms with Crippen molar-refractivity contribution in [3.05, 3.63) is 25.3 Å². The van der Waals surface area contributed by atoms with Gasteiger partial charge in [0.1, 0.15) is 6.04 Å². The van der Waals surface area contributed by atoms with E-state index in [4.69, 9.17) is 4.74 Å². The zero-order valence-electron chi connectivity index (χ0n) is 23.7. The minimum atomic E-state index is -0.627. The number of carbonyl (C=O) groups is 3. The summed E-state index contributed by atoms with van der Waals surface area (Å²) >= 11 is 1.69. The minimum absolute atomic E-state index is 0.0287. The number of hydrogen-bond acceptors (Lipinski definition) is 6. The Bertz CT molecular complexity index is 881. The molecule has 0 saturated carbocycles. The maximum absolute atomic E-state index is 14.4. The molecule has 8 heteroatoms. The van der Waals surface area contributed by atoms with Crippen LogP contribution in [-0.2, 0) is 19.1 Å². The fraction of sp³-hybridized carbons (Fsp3) is 0.767. The molecule has 2 bridgehead atoms. The first-order valence-corrected chi connectivity index (χ1v) is 15.3. The molecule has 3 heterocycles. The number of likely N-dealkylation sites (tertiary alicyclic amines) is 1. The average Bonchev–Trinajstić information content (AvgIpc) is 3.45. The Morgan fingerprint density at radius 3 is 2.63 bits per heavy atom. The minimum Gasteiger partial charge on any atom is -0.465 e. The Morgan fingerprint density at radius 2 is 1.97 bits per heavy atom. The van der Waals surface area contributed by atoms with E-state index >= 15 is 0 Å². The smallest absolute Gasteiger partial charge is 0.311 e. The van der Waals surface area contributed by atoms with Gasteiger partial charge in [0.05, 0.1) is 23.2 Å². The van der Waals surface area contributed by atoms with Crippen LogP contribution in [0.5, 0.6) is 0 Å². The Morgan fingerprint density at radius 1 is 1.21 bits per heavy atom. The zero-order chi connectivity index (χ0) is 27.9. The van der Waals surface area contributed by atoms with Crippen LogP contribution in [0.1, 0.15) is 85.0 Å². The Hall–Kier alpha value is -1.80. The first-order valence-electron chi connectivity index (χ1n) is 14.5. The molecule has 0 aliphatic carbocycles. The summed E-state index contributed by atoms with van der Waals surface area (Å²) in [5.41, 5.74) is 0. The van der Waals surface area contributed by atoms with Crippen molar-refractivity contribution in [2.75, 3.05) is 26.3 Å². The topological polar surface area (TPSA) is 87.1 Å². The predicted octanol–water partition coefficient (Wildman–Crippen LogP) is 4.73. The number of carbonyl (C=O) groups excluding carboxylic acids is 3. The fourth-order valence-corrected chi connectivity index (χ4v) is 9.22. The number of aliphatic hydroxyl groups excluding tert-OH is 1. The number of hydrogen-bond donors (Lipinski definition) is 1. The van der Waals surface area contributed by atoms with Gasteiger partial charge in [-0.2, -0.15) is 0 Å². The van der Waals surface area contributed by atoms with Crippen LogP contribution in [0.25, 0.3) is 0 Å². The summed E-state index contributed by atoms with van der Waals surface area (Å²) in [7, 11) is 0. The lowest BCUT2D eigenvalue weighted by molar-refractivity contribution is -0.155. The molecule has 0 aromatic carbocycles. The molecule has 3 aliphatic rings. The highest BCUT2D eigenvalue weighted by atomic mass is 32.2. The number of fused-ring (bicyclic) bond motifs is 1. The quantitative estimate of drug-likeness (QED) is 0.161. The Labute approximate surface area is 233 Å². The molecule has 6 atom stereocenters. The van der Waals surface area contributed by atoms with E-state index in [0.29, 0.717) is 32.5 Å². The first kappa shape index (κ1) is 30.7. The second-order valence-electron chi connectivity index (χ2n) is 11.4. The third-order valence-electron chi connectivity index (χ3n) is 8.72. The molecule has 0 radical (unpaired) electrons. The molecular formula is C30H48N2O5S. The summed E-state index contributed by atoms with van der Waals surface area (Å²) in [5, 5.41) is 9.24. The van der Waals surface area contributed by atoms with Gasteiger partial charge in [-0.25, -0.2) is 0 Å². The van der Waals surface area contributed by atoms with Gasteiger partial charge >= 0.3 is 5.97 Å². The summed E-state index contributed by atoms with van der Waals surface area (Å²) in [6.45, 7) is 15.2. The van der Waals surface area contributed by atoms with Crippen LogP contribution >= 0.6 is 11.8 Å². The van der Waals surface area contributed by atoms with Gasteiger partial charge in [-0.15, -0.1) is 24.9 Å². The molecule has 0 aromatic heterocycles. The molecule has 1 spiro atoms. The number of esters is 1. The van der Waals surface area contributed by atoms with Gasteiger partial charge < -0.3 is 19.6 Å². The maximum atomic E-state index is 14.4. The summed E-state index contributed by atoms with van der Waals surface area (Å²) in [6, 6.07) is -0.576. The molecule has 38 heavy (non-hydrogen) atoms. The third-order valence-corrected chi connectivity index (χ3v) is 10.7. The third kappa shape index (κ3) is 5.86. The molecule has 1 N–H and O–H groups in total. The SMILES string of the molecule is C=CCCCCOC(=O)[C@H]1[C@H]2C(=O)N(CCCCCO)C(C(=O)N(CC=C)C(C)CCC)C23CC[C@]1(C)S3. The Balaban J connectivity index is 1.93. The van der Waals surface area contributed by atoms with Crippen LogP contribution in [0, 0.1) is 11.8 Å². The van der Waals surface area contributed by atoms with E-state index in [0.717, 1.165) is 51.4 Å². The lowest BCUT2D eigenvalue weighted by Crippen LogP contribution is -2.56. The number of allylic oxidation sites excluding steroid dienone is 1. The summed E-state index contributed by atoms with van der Waals surface area (Å²) in [5.74, 6) is -1.51. The van der Waals surface area contributed by atoms with Crippen molar-refractivity contribution in [2.24, 2.45) is 11.8 Å². The number of rotatable bonds is 17. The highest BCUT2D eigenvalue weighted by Crippen LogP contribution is 2.71. The highest BCUT2D eigenvalue weighted by Gasteiger charge is 2.77. The fourth-order valence-electron chi connectivity index (χ4n) is 6.88. The first-order chi connectivity index (χ1) is 18.2. The van der Waals surface area contributed by atoms with Crippen molar-refractivity contribution in [1.29, 1.82) is 0 Å². The number of nitrogens with zero attached hydrogens (tertiary/aromatic N) is 2. The lowest BCUT2D eigenvalue weighted by Gasteiger charge is -2.39.